The number of halogens is 2. The number of hydrogen-bond acceptors (Lipinski definition) is 3. The fourth-order valence-electron chi connectivity index (χ4n) is 1.24. The van der Waals surface area contributed by atoms with E-state index in [4.69, 9.17) is 0 Å². The van der Waals surface area contributed by atoms with Gasteiger partial charge in [-0.05, 0) is 40.5 Å². The van der Waals surface area contributed by atoms with Crippen LogP contribution in [0, 0.1) is 5.82 Å². The minimum absolute atomic E-state index is 0.248. The number of nitrogens with zero attached hydrogens (tertiary/aromatic N) is 1. The summed E-state index contributed by atoms with van der Waals surface area (Å²) in [5.74, 6) is 0.820. The highest BCUT2D eigenvalue weighted by atomic mass is 79.9. The van der Waals surface area contributed by atoms with E-state index in [1.807, 2.05) is 0 Å². The van der Waals surface area contributed by atoms with Crippen LogP contribution in [0.4, 0.5) is 10.1 Å². The molecular weight excluding hydrogens is 279 g/mol. The first kappa shape index (κ1) is 11.0. The minimum atomic E-state index is -0.248. The van der Waals surface area contributed by atoms with Crippen LogP contribution in [0.5, 0.6) is 0 Å². The van der Waals surface area contributed by atoms with Crippen molar-refractivity contribution in [2.45, 2.75) is 6.42 Å². The zero-order valence-corrected chi connectivity index (χ0v) is 10.4. The van der Waals surface area contributed by atoms with Crippen molar-refractivity contribution in [3.05, 3.63) is 28.5 Å². The predicted molar refractivity (Wildman–Crippen MR) is 67.1 cm³/mol. The topological polar surface area (TPSA) is 24.4 Å². The molecule has 0 amide bonds. The van der Waals surface area contributed by atoms with E-state index in [1.165, 1.54) is 12.1 Å². The largest absolute Gasteiger partial charge is 0.334 e. The van der Waals surface area contributed by atoms with E-state index in [0.29, 0.717) is 0 Å². The summed E-state index contributed by atoms with van der Waals surface area (Å²) in [6.07, 6.45) is 1.11. The lowest BCUT2D eigenvalue weighted by Gasteiger charge is -2.14. The number of hydrogen-bond donors (Lipinski definition) is 1. The summed E-state index contributed by atoms with van der Waals surface area (Å²) < 4.78 is 13.8. The molecule has 1 aliphatic rings. The van der Waals surface area contributed by atoms with Crippen LogP contribution in [0.3, 0.4) is 0 Å². The van der Waals surface area contributed by atoms with E-state index < -0.39 is 0 Å². The molecule has 15 heavy (non-hydrogen) atoms. The molecule has 80 valence electrons. The molecule has 0 bridgehead atoms. The highest BCUT2D eigenvalue weighted by Gasteiger charge is 2.08. The minimum Gasteiger partial charge on any atom is -0.334 e. The highest BCUT2D eigenvalue weighted by Crippen LogP contribution is 2.25. The van der Waals surface area contributed by atoms with E-state index in [2.05, 4.69) is 26.2 Å². The number of amidine groups is 1. The van der Waals surface area contributed by atoms with Crippen molar-refractivity contribution < 1.29 is 4.39 Å². The summed E-state index contributed by atoms with van der Waals surface area (Å²) in [5, 5.41) is 3.98. The molecule has 1 N–H and O–H groups in total. The van der Waals surface area contributed by atoms with Gasteiger partial charge < -0.3 is 5.32 Å². The number of aliphatic imine (C=N–C) groups is 1. The van der Waals surface area contributed by atoms with E-state index in [1.54, 1.807) is 17.8 Å². The van der Waals surface area contributed by atoms with Gasteiger partial charge in [-0.2, -0.15) is 0 Å². The summed E-state index contributed by atoms with van der Waals surface area (Å²) in [7, 11) is 0. The van der Waals surface area contributed by atoms with Crippen molar-refractivity contribution in [2.75, 3.05) is 17.6 Å². The Morgan fingerprint density at radius 3 is 3.07 bits per heavy atom. The third-order valence-corrected chi connectivity index (χ3v) is 3.66. The van der Waals surface area contributed by atoms with Gasteiger partial charge in [-0.3, -0.25) is 4.99 Å². The quantitative estimate of drug-likeness (QED) is 0.855. The Kier molecular flexibility index (Phi) is 3.64. The summed E-state index contributed by atoms with van der Waals surface area (Å²) in [6, 6.07) is 4.57. The molecule has 2 nitrogen and oxygen atoms in total. The third kappa shape index (κ3) is 2.95. The summed E-state index contributed by atoms with van der Waals surface area (Å²) in [5.41, 5.74) is 0.725. The molecule has 1 aromatic carbocycles. The maximum atomic E-state index is 13.0. The first-order valence-electron chi connectivity index (χ1n) is 4.65. The molecule has 5 heteroatoms. The molecular formula is C10H10BrFN2S. The Hall–Kier alpha value is -0.550. The van der Waals surface area contributed by atoms with Gasteiger partial charge in [-0.25, -0.2) is 4.39 Å². The van der Waals surface area contributed by atoms with Gasteiger partial charge in [0.25, 0.3) is 0 Å². The Morgan fingerprint density at radius 2 is 2.33 bits per heavy atom. The Balaban J connectivity index is 2.15. The van der Waals surface area contributed by atoms with Crippen LogP contribution in [0.2, 0.25) is 0 Å². The molecule has 1 heterocycles. The molecule has 0 fully saturated rings. The van der Waals surface area contributed by atoms with E-state index >= 15 is 0 Å². The second-order valence-electron chi connectivity index (χ2n) is 3.14. The molecule has 1 aliphatic heterocycles. The number of thioether (sulfide) groups is 1. The van der Waals surface area contributed by atoms with Gasteiger partial charge in [-0.15, -0.1) is 0 Å². The van der Waals surface area contributed by atoms with E-state index in [9.17, 15) is 4.39 Å². The van der Waals surface area contributed by atoms with Crippen LogP contribution in [0.25, 0.3) is 0 Å². The lowest BCUT2D eigenvalue weighted by Crippen LogP contribution is -2.13. The number of nitrogens with one attached hydrogen (secondary N) is 1. The predicted octanol–water partition coefficient (Wildman–Crippen LogP) is 3.49. The lowest BCUT2D eigenvalue weighted by molar-refractivity contribution is 0.628. The molecule has 0 saturated heterocycles. The van der Waals surface area contributed by atoms with Gasteiger partial charge in [0.15, 0.2) is 5.17 Å². The summed E-state index contributed by atoms with van der Waals surface area (Å²) in [6.45, 7) is 0.849. The van der Waals surface area contributed by atoms with Gasteiger partial charge in [0.05, 0.1) is 5.69 Å². The van der Waals surface area contributed by atoms with Crippen LogP contribution in [-0.4, -0.2) is 17.5 Å². The molecule has 1 aromatic rings. The summed E-state index contributed by atoms with van der Waals surface area (Å²) >= 11 is 5.03. The van der Waals surface area contributed by atoms with Crippen molar-refractivity contribution in [1.82, 2.24) is 0 Å². The van der Waals surface area contributed by atoms with Gasteiger partial charge in [0, 0.05) is 16.8 Å². The zero-order valence-electron chi connectivity index (χ0n) is 7.96. The van der Waals surface area contributed by atoms with Crippen molar-refractivity contribution in [1.29, 1.82) is 0 Å². The SMILES string of the molecule is Fc1ccc(Br)c(NC2=NCCCS2)c1. The number of benzene rings is 1. The van der Waals surface area contributed by atoms with Gasteiger partial charge in [0.2, 0.25) is 0 Å². The van der Waals surface area contributed by atoms with Crippen molar-refractivity contribution in [3.8, 4) is 0 Å². The first-order chi connectivity index (χ1) is 7.25. The molecule has 0 saturated carbocycles. The molecule has 0 aliphatic carbocycles. The number of anilines is 1. The molecule has 0 unspecified atom stereocenters. The average molecular weight is 289 g/mol. The number of rotatable bonds is 1. The van der Waals surface area contributed by atoms with Crippen molar-refractivity contribution >= 4 is 38.5 Å². The second kappa shape index (κ2) is 4.99. The Bertz CT molecular complexity index is 395. The van der Waals surface area contributed by atoms with E-state index in [-0.39, 0.29) is 5.82 Å². The zero-order chi connectivity index (χ0) is 10.7. The smallest absolute Gasteiger partial charge is 0.161 e. The molecule has 2 rings (SSSR count). The molecule has 0 radical (unpaired) electrons. The average Bonchev–Trinajstić information content (AvgIpc) is 2.25. The van der Waals surface area contributed by atoms with Gasteiger partial charge in [-0.1, -0.05) is 11.8 Å². The maximum Gasteiger partial charge on any atom is 0.161 e. The highest BCUT2D eigenvalue weighted by molar-refractivity contribution is 9.10. The van der Waals surface area contributed by atoms with Crippen LogP contribution < -0.4 is 5.32 Å². The standard InChI is InChI=1S/C10H10BrFN2S/c11-8-3-2-7(12)6-9(8)14-10-13-4-1-5-15-10/h2-3,6H,1,4-5H2,(H,13,14). The summed E-state index contributed by atoms with van der Waals surface area (Å²) in [4.78, 5) is 4.32. The van der Waals surface area contributed by atoms with Crippen molar-refractivity contribution in [3.63, 3.8) is 0 Å². The third-order valence-electron chi connectivity index (χ3n) is 1.97. The Labute approximate surface area is 100 Å². The maximum absolute atomic E-state index is 13.0. The van der Waals surface area contributed by atoms with Crippen LogP contribution in [-0.2, 0) is 0 Å². The fraction of sp³-hybridized carbons (Fsp3) is 0.300. The normalized spacial score (nSPS) is 16.0. The fourth-order valence-corrected chi connectivity index (χ4v) is 2.42. The lowest BCUT2D eigenvalue weighted by atomic mass is 10.3. The second-order valence-corrected chi connectivity index (χ2v) is 5.08. The van der Waals surface area contributed by atoms with Gasteiger partial charge >= 0.3 is 0 Å². The monoisotopic (exact) mass is 288 g/mol. The molecule has 0 aromatic heterocycles. The van der Waals surface area contributed by atoms with E-state index in [0.717, 1.165) is 34.0 Å². The van der Waals surface area contributed by atoms with Gasteiger partial charge in [0.1, 0.15) is 5.82 Å². The van der Waals surface area contributed by atoms with Crippen LogP contribution in [0.1, 0.15) is 6.42 Å². The van der Waals surface area contributed by atoms with Crippen LogP contribution in [0.15, 0.2) is 27.7 Å². The molecule has 0 spiro atoms. The van der Waals surface area contributed by atoms with Crippen LogP contribution >= 0.6 is 27.7 Å². The van der Waals surface area contributed by atoms with Crippen molar-refractivity contribution in [2.24, 2.45) is 4.99 Å². The molecule has 0 atom stereocenters. The first-order valence-corrected chi connectivity index (χ1v) is 6.43. The Morgan fingerprint density at radius 1 is 1.47 bits per heavy atom.